The van der Waals surface area contributed by atoms with Crippen molar-refractivity contribution in [3.05, 3.63) is 45.5 Å². The van der Waals surface area contributed by atoms with Gasteiger partial charge in [-0.1, -0.05) is 0 Å². The SMILES string of the molecule is O=C(NC(=S)Nc1nccs1)c1ccc(N2CCCC2)c([N+](=O)[O-])c1. The average molecular weight is 377 g/mol. The Labute approximate surface area is 153 Å². The first-order valence-corrected chi connectivity index (χ1v) is 8.88. The standard InChI is InChI=1S/C15H15N5O3S2/c21-13(17-14(24)18-15-16-5-8-25-15)10-3-4-11(12(9-10)20(22)23)19-6-1-2-7-19/h3-5,8-9H,1-2,6-7H2,(H2,16,17,18,21,24). The molecule has 1 aliphatic rings. The third-order valence-electron chi connectivity index (χ3n) is 3.76. The number of anilines is 2. The Hall–Kier alpha value is -2.59. The molecular formula is C15H15N5O3S2. The van der Waals surface area contributed by atoms with Crippen LogP contribution in [0, 0.1) is 10.1 Å². The molecule has 0 atom stereocenters. The van der Waals surface area contributed by atoms with Crippen LogP contribution in [-0.4, -0.2) is 34.0 Å². The fourth-order valence-electron chi connectivity index (χ4n) is 2.63. The van der Waals surface area contributed by atoms with Crippen LogP contribution in [0.5, 0.6) is 0 Å². The number of amides is 1. The lowest BCUT2D eigenvalue weighted by molar-refractivity contribution is -0.384. The summed E-state index contributed by atoms with van der Waals surface area (Å²) in [5, 5.41) is 19.1. The Kier molecular flexibility index (Phi) is 5.19. The zero-order chi connectivity index (χ0) is 17.8. The topological polar surface area (TPSA) is 100 Å². The predicted molar refractivity (Wildman–Crippen MR) is 100 cm³/mol. The molecule has 0 aliphatic carbocycles. The van der Waals surface area contributed by atoms with Crippen LogP contribution in [-0.2, 0) is 0 Å². The van der Waals surface area contributed by atoms with Crippen molar-refractivity contribution >= 4 is 51.1 Å². The number of nitrogens with zero attached hydrogens (tertiary/aromatic N) is 3. The van der Waals surface area contributed by atoms with E-state index in [2.05, 4.69) is 15.6 Å². The van der Waals surface area contributed by atoms with Gasteiger partial charge in [-0.25, -0.2) is 4.98 Å². The van der Waals surface area contributed by atoms with Gasteiger partial charge in [0, 0.05) is 36.3 Å². The Morgan fingerprint density at radius 2 is 2.12 bits per heavy atom. The van der Waals surface area contributed by atoms with Crippen LogP contribution in [0.3, 0.4) is 0 Å². The van der Waals surface area contributed by atoms with Crippen LogP contribution in [0.4, 0.5) is 16.5 Å². The first-order chi connectivity index (χ1) is 12.0. The second-order valence-electron chi connectivity index (χ2n) is 5.40. The molecule has 10 heteroatoms. The normalized spacial score (nSPS) is 13.5. The fraction of sp³-hybridized carbons (Fsp3) is 0.267. The highest BCUT2D eigenvalue weighted by molar-refractivity contribution is 7.80. The summed E-state index contributed by atoms with van der Waals surface area (Å²) in [7, 11) is 0. The molecule has 0 saturated carbocycles. The monoisotopic (exact) mass is 377 g/mol. The highest BCUT2D eigenvalue weighted by Gasteiger charge is 2.24. The van der Waals surface area contributed by atoms with Gasteiger partial charge in [-0.2, -0.15) is 0 Å². The number of carbonyl (C=O) groups excluding carboxylic acids is 1. The molecule has 0 radical (unpaired) electrons. The molecule has 0 bridgehead atoms. The minimum Gasteiger partial charge on any atom is -0.366 e. The van der Waals surface area contributed by atoms with Crippen molar-refractivity contribution in [3.63, 3.8) is 0 Å². The molecule has 2 heterocycles. The van der Waals surface area contributed by atoms with E-state index in [0.29, 0.717) is 10.8 Å². The highest BCUT2D eigenvalue weighted by Crippen LogP contribution is 2.31. The van der Waals surface area contributed by atoms with E-state index in [0.717, 1.165) is 25.9 Å². The fourth-order valence-corrected chi connectivity index (χ4v) is 3.41. The van der Waals surface area contributed by atoms with Crippen molar-refractivity contribution in [3.8, 4) is 0 Å². The summed E-state index contributed by atoms with van der Waals surface area (Å²) in [5.74, 6) is -0.509. The minimum absolute atomic E-state index is 0.0756. The molecule has 1 aliphatic heterocycles. The van der Waals surface area contributed by atoms with E-state index in [4.69, 9.17) is 12.2 Å². The lowest BCUT2D eigenvalue weighted by atomic mass is 10.1. The van der Waals surface area contributed by atoms with Gasteiger partial charge in [-0.15, -0.1) is 11.3 Å². The molecular weight excluding hydrogens is 362 g/mol. The van der Waals surface area contributed by atoms with E-state index in [-0.39, 0.29) is 16.4 Å². The van der Waals surface area contributed by atoms with E-state index in [1.807, 2.05) is 4.90 Å². The van der Waals surface area contributed by atoms with Crippen LogP contribution in [0.2, 0.25) is 0 Å². The number of nitro benzene ring substituents is 1. The first kappa shape index (κ1) is 17.2. The summed E-state index contributed by atoms with van der Waals surface area (Å²) >= 11 is 6.40. The lowest BCUT2D eigenvalue weighted by Gasteiger charge is -2.17. The molecule has 2 aromatic rings. The lowest BCUT2D eigenvalue weighted by Crippen LogP contribution is -2.34. The van der Waals surface area contributed by atoms with Crippen LogP contribution in [0.25, 0.3) is 0 Å². The van der Waals surface area contributed by atoms with E-state index in [9.17, 15) is 14.9 Å². The predicted octanol–water partition coefficient (Wildman–Crippen LogP) is 2.78. The van der Waals surface area contributed by atoms with Crippen molar-refractivity contribution in [1.82, 2.24) is 10.3 Å². The summed E-state index contributed by atoms with van der Waals surface area (Å²) < 4.78 is 0. The molecule has 1 amide bonds. The number of benzene rings is 1. The zero-order valence-electron chi connectivity index (χ0n) is 13.1. The van der Waals surface area contributed by atoms with Crippen molar-refractivity contribution in [2.24, 2.45) is 0 Å². The molecule has 8 nitrogen and oxygen atoms in total. The molecule has 1 fully saturated rings. The van der Waals surface area contributed by atoms with E-state index in [1.54, 1.807) is 23.7 Å². The van der Waals surface area contributed by atoms with Crippen LogP contribution < -0.4 is 15.5 Å². The maximum absolute atomic E-state index is 12.3. The van der Waals surface area contributed by atoms with Gasteiger partial charge in [0.25, 0.3) is 11.6 Å². The third kappa shape index (κ3) is 4.09. The molecule has 2 N–H and O–H groups in total. The third-order valence-corrected chi connectivity index (χ3v) is 4.65. The second kappa shape index (κ2) is 7.53. The maximum Gasteiger partial charge on any atom is 0.293 e. The Morgan fingerprint density at radius 3 is 2.76 bits per heavy atom. The summed E-state index contributed by atoms with van der Waals surface area (Å²) in [4.78, 5) is 29.2. The molecule has 1 saturated heterocycles. The van der Waals surface area contributed by atoms with Crippen molar-refractivity contribution in [1.29, 1.82) is 0 Å². The number of nitrogens with one attached hydrogen (secondary N) is 2. The summed E-state index contributed by atoms with van der Waals surface area (Å²) in [6, 6.07) is 4.48. The highest BCUT2D eigenvalue weighted by atomic mass is 32.1. The van der Waals surface area contributed by atoms with E-state index < -0.39 is 10.8 Å². The van der Waals surface area contributed by atoms with Crippen molar-refractivity contribution < 1.29 is 9.72 Å². The van der Waals surface area contributed by atoms with Gasteiger partial charge in [0.2, 0.25) is 0 Å². The molecule has 1 aromatic heterocycles. The van der Waals surface area contributed by atoms with E-state index >= 15 is 0 Å². The Bertz CT molecular complexity index is 804. The van der Waals surface area contributed by atoms with Gasteiger partial charge in [0.05, 0.1) is 4.92 Å². The largest absolute Gasteiger partial charge is 0.366 e. The van der Waals surface area contributed by atoms with Gasteiger partial charge in [0.1, 0.15) is 5.69 Å². The number of rotatable bonds is 4. The summed E-state index contributed by atoms with van der Waals surface area (Å²) in [5.41, 5.74) is 0.647. The van der Waals surface area contributed by atoms with Crippen molar-refractivity contribution in [2.75, 3.05) is 23.3 Å². The van der Waals surface area contributed by atoms with Gasteiger partial charge >= 0.3 is 0 Å². The van der Waals surface area contributed by atoms with Gasteiger partial charge in [-0.05, 0) is 37.2 Å². The Morgan fingerprint density at radius 1 is 1.36 bits per heavy atom. The number of thiocarbonyl (C=S) groups is 1. The zero-order valence-corrected chi connectivity index (χ0v) is 14.7. The summed E-state index contributed by atoms with van der Waals surface area (Å²) in [6.45, 7) is 1.57. The smallest absolute Gasteiger partial charge is 0.293 e. The van der Waals surface area contributed by atoms with E-state index in [1.165, 1.54) is 17.4 Å². The van der Waals surface area contributed by atoms with Gasteiger partial charge in [0.15, 0.2) is 10.2 Å². The van der Waals surface area contributed by atoms with Gasteiger partial charge < -0.3 is 10.2 Å². The number of hydrogen-bond donors (Lipinski definition) is 2. The van der Waals surface area contributed by atoms with Crippen LogP contribution >= 0.6 is 23.6 Å². The quantitative estimate of drug-likeness (QED) is 0.480. The number of thiazole rings is 1. The molecule has 130 valence electrons. The second-order valence-corrected chi connectivity index (χ2v) is 6.70. The molecule has 1 aromatic carbocycles. The number of carbonyl (C=O) groups is 1. The Balaban J connectivity index is 1.74. The summed E-state index contributed by atoms with van der Waals surface area (Å²) in [6.07, 6.45) is 3.63. The maximum atomic E-state index is 12.3. The molecule has 0 spiro atoms. The van der Waals surface area contributed by atoms with Crippen LogP contribution in [0.15, 0.2) is 29.8 Å². The van der Waals surface area contributed by atoms with Crippen LogP contribution in [0.1, 0.15) is 23.2 Å². The average Bonchev–Trinajstić information content (AvgIpc) is 3.27. The molecule has 0 unspecified atom stereocenters. The molecule has 25 heavy (non-hydrogen) atoms. The molecule has 3 rings (SSSR count). The minimum atomic E-state index is -0.509. The number of aromatic nitrogens is 1. The number of hydrogen-bond acceptors (Lipinski definition) is 7. The van der Waals surface area contributed by atoms with Gasteiger partial charge in [-0.3, -0.25) is 20.2 Å². The van der Waals surface area contributed by atoms with Crippen molar-refractivity contribution in [2.45, 2.75) is 12.8 Å². The number of nitro groups is 1. The first-order valence-electron chi connectivity index (χ1n) is 7.60.